The highest BCUT2D eigenvalue weighted by Gasteiger charge is 2.34. The van der Waals surface area contributed by atoms with Gasteiger partial charge in [0.1, 0.15) is 0 Å². The number of imidazole rings is 1. The van der Waals surface area contributed by atoms with Crippen molar-refractivity contribution in [3.8, 4) is 0 Å². The summed E-state index contributed by atoms with van der Waals surface area (Å²) >= 11 is 6.03. The summed E-state index contributed by atoms with van der Waals surface area (Å²) < 4.78 is 29.1. The van der Waals surface area contributed by atoms with Crippen molar-refractivity contribution in [2.24, 2.45) is 0 Å². The van der Waals surface area contributed by atoms with Gasteiger partial charge in [-0.3, -0.25) is 0 Å². The number of hydrogen-bond donors (Lipinski definition) is 1. The van der Waals surface area contributed by atoms with Crippen LogP contribution in [0.3, 0.4) is 0 Å². The molecule has 1 N–H and O–H groups in total. The molecule has 8 heteroatoms. The third kappa shape index (κ3) is 5.27. The molecule has 0 saturated heterocycles. The van der Waals surface area contributed by atoms with E-state index in [4.69, 9.17) is 11.6 Å². The number of fused-ring (bicyclic) bond motifs is 1. The van der Waals surface area contributed by atoms with Crippen LogP contribution >= 0.6 is 11.6 Å². The lowest BCUT2D eigenvalue weighted by molar-refractivity contribution is 0.370. The molecule has 1 aliphatic rings. The number of H-pyrrole nitrogens is 1. The molecule has 5 rings (SSSR count). The third-order valence-electron chi connectivity index (χ3n) is 6.46. The fourth-order valence-electron chi connectivity index (χ4n) is 4.64. The van der Waals surface area contributed by atoms with Gasteiger partial charge in [-0.05, 0) is 54.3 Å². The lowest BCUT2D eigenvalue weighted by Gasteiger charge is -2.34. The van der Waals surface area contributed by atoms with Gasteiger partial charge in [-0.25, -0.2) is 13.4 Å². The molecule has 0 saturated carbocycles. The van der Waals surface area contributed by atoms with Crippen LogP contribution in [-0.2, 0) is 29.5 Å². The van der Waals surface area contributed by atoms with Crippen molar-refractivity contribution in [1.82, 2.24) is 14.3 Å². The van der Waals surface area contributed by atoms with E-state index in [1.807, 2.05) is 42.6 Å². The van der Waals surface area contributed by atoms with Crippen molar-refractivity contribution >= 4 is 27.3 Å². The van der Waals surface area contributed by atoms with Crippen molar-refractivity contribution in [1.29, 1.82) is 0 Å². The molecule has 1 atom stereocenters. The first kappa shape index (κ1) is 23.6. The first-order chi connectivity index (χ1) is 17.0. The van der Waals surface area contributed by atoms with E-state index in [1.54, 1.807) is 34.9 Å². The van der Waals surface area contributed by atoms with Crippen LogP contribution in [0.15, 0.2) is 96.3 Å². The molecule has 180 valence electrons. The molecule has 0 bridgehead atoms. The standard InChI is InChI=1S/C27H27ClN4O2S/c28-23-11-14-26(15-12-23)35(33,34)31-17-22-8-4-5-9-27(22)32(18-24-16-29-20-30-24)25(19-31)13-10-21-6-2-1-3-7-21/h1-9,11-12,14-16,20,25H,10,13,17-19H2,(H,29,30). The second-order valence-electron chi connectivity index (χ2n) is 8.76. The molecule has 2 heterocycles. The highest BCUT2D eigenvalue weighted by Crippen LogP contribution is 2.33. The first-order valence-electron chi connectivity index (χ1n) is 11.6. The van der Waals surface area contributed by atoms with E-state index in [0.717, 1.165) is 29.8 Å². The molecule has 0 radical (unpaired) electrons. The maximum absolute atomic E-state index is 13.8. The van der Waals surface area contributed by atoms with Crippen LogP contribution < -0.4 is 4.90 Å². The topological polar surface area (TPSA) is 69.3 Å². The van der Waals surface area contributed by atoms with Crippen LogP contribution in [0.4, 0.5) is 5.69 Å². The average Bonchev–Trinajstić information content (AvgIpc) is 3.33. The number of nitrogens with zero attached hydrogens (tertiary/aromatic N) is 3. The quantitative estimate of drug-likeness (QED) is 0.370. The number of halogens is 1. The van der Waals surface area contributed by atoms with Gasteiger partial charge in [-0.15, -0.1) is 0 Å². The van der Waals surface area contributed by atoms with E-state index < -0.39 is 10.0 Å². The Balaban J connectivity index is 1.53. The molecule has 0 spiro atoms. The fourth-order valence-corrected chi connectivity index (χ4v) is 6.22. The van der Waals surface area contributed by atoms with E-state index in [0.29, 0.717) is 24.7 Å². The lowest BCUT2D eigenvalue weighted by Crippen LogP contribution is -2.43. The molecule has 4 aromatic rings. The van der Waals surface area contributed by atoms with Crippen LogP contribution in [-0.4, -0.2) is 35.3 Å². The lowest BCUT2D eigenvalue weighted by atomic mass is 10.0. The van der Waals surface area contributed by atoms with Crippen molar-refractivity contribution < 1.29 is 8.42 Å². The number of aromatic amines is 1. The molecule has 0 fully saturated rings. The summed E-state index contributed by atoms with van der Waals surface area (Å²) in [6.45, 7) is 1.30. The zero-order valence-electron chi connectivity index (χ0n) is 19.2. The number of rotatable bonds is 7. The summed E-state index contributed by atoms with van der Waals surface area (Å²) in [5.41, 5.74) is 4.25. The van der Waals surface area contributed by atoms with Crippen molar-refractivity contribution in [3.05, 3.63) is 113 Å². The molecular formula is C27H27ClN4O2S. The van der Waals surface area contributed by atoms with Gasteiger partial charge in [-0.1, -0.05) is 60.1 Å². The average molecular weight is 507 g/mol. The molecule has 3 aromatic carbocycles. The Bertz CT molecular complexity index is 1360. The van der Waals surface area contributed by atoms with Crippen molar-refractivity contribution in [2.75, 3.05) is 11.4 Å². The minimum absolute atomic E-state index is 0.0377. The smallest absolute Gasteiger partial charge is 0.243 e. The number of aryl methyl sites for hydroxylation is 1. The Morgan fingerprint density at radius 3 is 2.46 bits per heavy atom. The monoisotopic (exact) mass is 506 g/mol. The minimum atomic E-state index is -3.72. The number of anilines is 1. The van der Waals surface area contributed by atoms with Gasteiger partial charge in [0, 0.05) is 36.0 Å². The normalized spacial score (nSPS) is 16.6. The second kappa shape index (κ2) is 10.2. The SMILES string of the molecule is O=S(=O)(c1ccc(Cl)cc1)N1Cc2ccccc2N(Cc2cnc[nH]2)C(CCc2ccccc2)C1. The summed E-state index contributed by atoms with van der Waals surface area (Å²) in [5.74, 6) is 0. The number of nitrogens with one attached hydrogen (secondary N) is 1. The number of para-hydroxylation sites is 1. The molecule has 35 heavy (non-hydrogen) atoms. The maximum atomic E-state index is 13.8. The summed E-state index contributed by atoms with van der Waals surface area (Å²) in [6.07, 6.45) is 5.15. The largest absolute Gasteiger partial charge is 0.361 e. The van der Waals surface area contributed by atoms with Crippen LogP contribution in [0.2, 0.25) is 5.02 Å². The molecular weight excluding hydrogens is 480 g/mol. The van der Waals surface area contributed by atoms with E-state index in [1.165, 1.54) is 5.56 Å². The molecule has 1 unspecified atom stereocenters. The summed E-state index contributed by atoms with van der Waals surface area (Å²) in [6, 6.07) is 24.8. The predicted octanol–water partition coefficient (Wildman–Crippen LogP) is 5.28. The summed E-state index contributed by atoms with van der Waals surface area (Å²) in [7, 11) is -3.72. The molecule has 0 amide bonds. The maximum Gasteiger partial charge on any atom is 0.243 e. The summed E-state index contributed by atoms with van der Waals surface area (Å²) in [5, 5.41) is 0.511. The van der Waals surface area contributed by atoms with Gasteiger partial charge in [0.25, 0.3) is 0 Å². The van der Waals surface area contributed by atoms with Crippen LogP contribution in [0.1, 0.15) is 23.2 Å². The third-order valence-corrected chi connectivity index (χ3v) is 8.54. The van der Waals surface area contributed by atoms with E-state index >= 15 is 0 Å². The first-order valence-corrected chi connectivity index (χ1v) is 13.4. The van der Waals surface area contributed by atoms with Gasteiger partial charge in [-0.2, -0.15) is 4.31 Å². The number of sulfonamides is 1. The van der Waals surface area contributed by atoms with Gasteiger partial charge >= 0.3 is 0 Å². The minimum Gasteiger partial charge on any atom is -0.361 e. The van der Waals surface area contributed by atoms with Crippen LogP contribution in [0.5, 0.6) is 0 Å². The molecule has 0 aliphatic carbocycles. The molecule has 1 aromatic heterocycles. The number of benzene rings is 3. The summed E-state index contributed by atoms with van der Waals surface area (Å²) in [4.78, 5) is 9.97. The van der Waals surface area contributed by atoms with Crippen molar-refractivity contribution in [2.45, 2.75) is 36.9 Å². The van der Waals surface area contributed by atoms with Crippen LogP contribution in [0.25, 0.3) is 0 Å². The number of aromatic nitrogens is 2. The predicted molar refractivity (Wildman–Crippen MR) is 139 cm³/mol. The Labute approximate surface area is 211 Å². The molecule has 6 nitrogen and oxygen atoms in total. The highest BCUT2D eigenvalue weighted by molar-refractivity contribution is 7.89. The Morgan fingerprint density at radius 2 is 1.71 bits per heavy atom. The Kier molecular flexibility index (Phi) is 6.90. The van der Waals surface area contributed by atoms with Crippen LogP contribution in [0, 0.1) is 0 Å². The van der Waals surface area contributed by atoms with Gasteiger partial charge in [0.2, 0.25) is 10.0 Å². The van der Waals surface area contributed by atoms with E-state index in [-0.39, 0.29) is 10.9 Å². The number of hydrogen-bond acceptors (Lipinski definition) is 4. The van der Waals surface area contributed by atoms with Gasteiger partial charge < -0.3 is 9.88 Å². The van der Waals surface area contributed by atoms with Gasteiger partial charge in [0.05, 0.1) is 23.5 Å². The van der Waals surface area contributed by atoms with Gasteiger partial charge in [0.15, 0.2) is 0 Å². The Hall–Kier alpha value is -3.13. The van der Waals surface area contributed by atoms with Crippen molar-refractivity contribution in [3.63, 3.8) is 0 Å². The van der Waals surface area contributed by atoms with E-state index in [2.05, 4.69) is 33.1 Å². The second-order valence-corrected chi connectivity index (χ2v) is 11.1. The fraction of sp³-hybridized carbons (Fsp3) is 0.222. The Morgan fingerprint density at radius 1 is 0.971 bits per heavy atom. The van der Waals surface area contributed by atoms with E-state index in [9.17, 15) is 8.42 Å². The highest BCUT2D eigenvalue weighted by atomic mass is 35.5. The molecule has 1 aliphatic heterocycles. The zero-order chi connectivity index (χ0) is 24.3. The zero-order valence-corrected chi connectivity index (χ0v) is 20.8.